The minimum Gasteiger partial charge on any atom is -0.339 e. The van der Waals surface area contributed by atoms with Gasteiger partial charge in [0.15, 0.2) is 0 Å². The van der Waals surface area contributed by atoms with Gasteiger partial charge in [0.2, 0.25) is 5.91 Å². The second kappa shape index (κ2) is 8.35. The van der Waals surface area contributed by atoms with Crippen LogP contribution in [-0.4, -0.2) is 28.6 Å². The van der Waals surface area contributed by atoms with Gasteiger partial charge in [-0.1, -0.05) is 44.2 Å². The van der Waals surface area contributed by atoms with Gasteiger partial charge in [-0.3, -0.25) is 4.79 Å². The van der Waals surface area contributed by atoms with Gasteiger partial charge in [0.25, 0.3) is 0 Å². The van der Waals surface area contributed by atoms with E-state index in [4.69, 9.17) is 0 Å². The minimum absolute atomic E-state index is 0.0105. The van der Waals surface area contributed by atoms with Crippen LogP contribution >= 0.6 is 11.8 Å². The fraction of sp³-hybridized carbons (Fsp3) is 0.588. The third-order valence-corrected chi connectivity index (χ3v) is 4.36. The normalized spacial score (nSPS) is 12.8. The van der Waals surface area contributed by atoms with Crippen LogP contribution in [0, 0.1) is 5.92 Å². The molecule has 112 valence electrons. The van der Waals surface area contributed by atoms with Crippen molar-refractivity contribution in [2.45, 2.75) is 51.7 Å². The molecule has 0 aliphatic carbocycles. The zero-order valence-electron chi connectivity index (χ0n) is 13.3. The first kappa shape index (κ1) is 17.1. The van der Waals surface area contributed by atoms with E-state index in [1.807, 2.05) is 30.0 Å². The van der Waals surface area contributed by atoms with E-state index < -0.39 is 0 Å². The highest BCUT2D eigenvalue weighted by atomic mass is 32.2. The number of hydrogen-bond acceptors (Lipinski definition) is 2. The van der Waals surface area contributed by atoms with Crippen LogP contribution in [-0.2, 0) is 10.5 Å². The van der Waals surface area contributed by atoms with E-state index in [-0.39, 0.29) is 17.2 Å². The quantitative estimate of drug-likeness (QED) is 0.751. The Morgan fingerprint density at radius 3 is 2.20 bits per heavy atom. The Kier molecular flexibility index (Phi) is 7.14. The Hall–Kier alpha value is -0.960. The molecule has 0 fully saturated rings. The molecule has 1 atom stereocenters. The summed E-state index contributed by atoms with van der Waals surface area (Å²) in [7, 11) is 0. The Morgan fingerprint density at radius 1 is 1.10 bits per heavy atom. The lowest BCUT2D eigenvalue weighted by Crippen LogP contribution is -2.43. The third kappa shape index (κ3) is 5.58. The molecule has 0 aliphatic heterocycles. The smallest absolute Gasteiger partial charge is 0.235 e. The first-order chi connectivity index (χ1) is 9.41. The maximum Gasteiger partial charge on any atom is 0.235 e. The van der Waals surface area contributed by atoms with E-state index in [9.17, 15) is 4.79 Å². The molecule has 0 aliphatic rings. The van der Waals surface area contributed by atoms with Crippen molar-refractivity contribution in [3.8, 4) is 0 Å². The monoisotopic (exact) mass is 293 g/mol. The summed E-state index contributed by atoms with van der Waals surface area (Å²) in [5, 5.41) is 0.0105. The van der Waals surface area contributed by atoms with Gasteiger partial charge in [-0.2, -0.15) is 0 Å². The molecule has 0 bridgehead atoms. The number of hydrogen-bond donors (Lipinski definition) is 0. The molecule has 0 aromatic heterocycles. The Balaban J connectivity index is 2.56. The summed E-state index contributed by atoms with van der Waals surface area (Å²) in [6, 6.07) is 10.6. The van der Waals surface area contributed by atoms with Crippen LogP contribution in [0.5, 0.6) is 0 Å². The molecule has 20 heavy (non-hydrogen) atoms. The summed E-state index contributed by atoms with van der Waals surface area (Å²) >= 11 is 1.72. The lowest BCUT2D eigenvalue weighted by atomic mass is 10.1. The average molecular weight is 293 g/mol. The predicted molar refractivity (Wildman–Crippen MR) is 88.9 cm³/mol. The zero-order valence-corrected chi connectivity index (χ0v) is 14.1. The van der Waals surface area contributed by atoms with Crippen LogP contribution in [0.1, 0.15) is 40.2 Å². The second-order valence-electron chi connectivity index (χ2n) is 5.92. The van der Waals surface area contributed by atoms with Gasteiger partial charge in [0.1, 0.15) is 0 Å². The predicted octanol–water partition coefficient (Wildman–Crippen LogP) is 4.20. The number of benzene rings is 1. The van der Waals surface area contributed by atoms with E-state index in [1.54, 1.807) is 11.8 Å². The third-order valence-electron chi connectivity index (χ3n) is 3.16. The van der Waals surface area contributed by atoms with Crippen molar-refractivity contribution in [1.29, 1.82) is 0 Å². The van der Waals surface area contributed by atoms with E-state index in [1.165, 1.54) is 5.56 Å². The standard InChI is InChI=1S/C17H27NOS/c1-13(2)11-18(14(3)4)17(19)15(5)20-12-16-9-7-6-8-10-16/h6-10,13-15H,11-12H2,1-5H3. The Morgan fingerprint density at radius 2 is 1.70 bits per heavy atom. The molecule has 1 rings (SSSR count). The highest BCUT2D eigenvalue weighted by molar-refractivity contribution is 7.99. The number of carbonyl (C=O) groups is 1. The molecule has 2 nitrogen and oxygen atoms in total. The highest BCUT2D eigenvalue weighted by Gasteiger charge is 2.23. The molecule has 0 heterocycles. The molecule has 0 N–H and O–H groups in total. The molecule has 0 spiro atoms. The summed E-state index contributed by atoms with van der Waals surface area (Å²) in [6.07, 6.45) is 0. The van der Waals surface area contributed by atoms with Crippen LogP contribution in [0.25, 0.3) is 0 Å². The van der Waals surface area contributed by atoms with Gasteiger partial charge < -0.3 is 4.90 Å². The molecule has 0 saturated heterocycles. The lowest BCUT2D eigenvalue weighted by Gasteiger charge is -2.30. The Bertz CT molecular complexity index is 403. The van der Waals surface area contributed by atoms with E-state index in [2.05, 4.69) is 39.8 Å². The van der Waals surface area contributed by atoms with Crippen molar-refractivity contribution in [3.05, 3.63) is 35.9 Å². The van der Waals surface area contributed by atoms with Crippen LogP contribution in [0.15, 0.2) is 30.3 Å². The van der Waals surface area contributed by atoms with E-state index in [0.717, 1.165) is 12.3 Å². The SMILES string of the molecule is CC(C)CN(C(=O)C(C)SCc1ccccc1)C(C)C. The van der Waals surface area contributed by atoms with Gasteiger partial charge in [0.05, 0.1) is 5.25 Å². The summed E-state index contributed by atoms with van der Waals surface area (Å²) in [5.41, 5.74) is 1.28. The fourth-order valence-corrected chi connectivity index (χ4v) is 2.96. The van der Waals surface area contributed by atoms with Crippen LogP contribution in [0.4, 0.5) is 0 Å². The average Bonchev–Trinajstić information content (AvgIpc) is 2.42. The molecule has 3 heteroatoms. The summed E-state index contributed by atoms with van der Waals surface area (Å²) < 4.78 is 0. The molecule has 1 amide bonds. The van der Waals surface area contributed by atoms with Gasteiger partial charge in [-0.05, 0) is 32.3 Å². The van der Waals surface area contributed by atoms with Crippen LogP contribution in [0.2, 0.25) is 0 Å². The number of carbonyl (C=O) groups excluding carboxylic acids is 1. The molecule has 0 radical (unpaired) electrons. The van der Waals surface area contributed by atoms with Crippen molar-refractivity contribution in [2.24, 2.45) is 5.92 Å². The van der Waals surface area contributed by atoms with Gasteiger partial charge in [-0.25, -0.2) is 0 Å². The number of nitrogens with zero attached hydrogens (tertiary/aromatic N) is 1. The van der Waals surface area contributed by atoms with Crippen LogP contribution < -0.4 is 0 Å². The van der Waals surface area contributed by atoms with Gasteiger partial charge in [0, 0.05) is 18.3 Å². The minimum atomic E-state index is 0.0105. The van der Waals surface area contributed by atoms with Crippen molar-refractivity contribution in [3.63, 3.8) is 0 Å². The van der Waals surface area contributed by atoms with Crippen molar-refractivity contribution < 1.29 is 4.79 Å². The molecule has 1 unspecified atom stereocenters. The molecular weight excluding hydrogens is 266 g/mol. The second-order valence-corrected chi connectivity index (χ2v) is 7.25. The van der Waals surface area contributed by atoms with E-state index >= 15 is 0 Å². The molecular formula is C17H27NOS. The summed E-state index contributed by atoms with van der Waals surface area (Å²) in [4.78, 5) is 14.6. The van der Waals surface area contributed by atoms with E-state index in [0.29, 0.717) is 5.92 Å². The van der Waals surface area contributed by atoms with Gasteiger partial charge >= 0.3 is 0 Å². The maximum absolute atomic E-state index is 12.5. The lowest BCUT2D eigenvalue weighted by molar-refractivity contribution is -0.132. The number of amides is 1. The fourth-order valence-electron chi connectivity index (χ4n) is 2.05. The number of rotatable bonds is 7. The van der Waals surface area contributed by atoms with Crippen molar-refractivity contribution in [2.75, 3.05) is 6.54 Å². The number of thioether (sulfide) groups is 1. The molecule has 1 aromatic carbocycles. The Labute approximate surface area is 127 Å². The summed E-state index contributed by atoms with van der Waals surface area (Å²) in [6.45, 7) is 11.4. The first-order valence-electron chi connectivity index (χ1n) is 7.37. The zero-order chi connectivity index (χ0) is 15.1. The largest absolute Gasteiger partial charge is 0.339 e. The van der Waals surface area contributed by atoms with Gasteiger partial charge in [-0.15, -0.1) is 11.8 Å². The van der Waals surface area contributed by atoms with Crippen molar-refractivity contribution in [1.82, 2.24) is 4.90 Å². The molecule has 0 saturated carbocycles. The van der Waals surface area contributed by atoms with Crippen LogP contribution in [0.3, 0.4) is 0 Å². The topological polar surface area (TPSA) is 20.3 Å². The first-order valence-corrected chi connectivity index (χ1v) is 8.42. The summed E-state index contributed by atoms with van der Waals surface area (Å²) in [5.74, 6) is 1.66. The molecule has 1 aromatic rings. The maximum atomic E-state index is 12.5. The highest BCUT2D eigenvalue weighted by Crippen LogP contribution is 2.20. The van der Waals surface area contributed by atoms with Crippen molar-refractivity contribution >= 4 is 17.7 Å².